The van der Waals surface area contributed by atoms with E-state index in [1.807, 2.05) is 0 Å². The third kappa shape index (κ3) is 4.64. The maximum Gasteiger partial charge on any atom is -0.0295 e. The highest BCUT2D eigenvalue weighted by Crippen LogP contribution is 2.51. The van der Waals surface area contributed by atoms with E-state index < -0.39 is 0 Å². The molecule has 0 N–H and O–H groups in total. The van der Waals surface area contributed by atoms with Gasteiger partial charge in [-0.2, -0.15) is 0 Å². The lowest BCUT2D eigenvalue weighted by molar-refractivity contribution is 0.0220. The molecule has 1 fully saturated rings. The van der Waals surface area contributed by atoms with Crippen molar-refractivity contribution in [2.75, 3.05) is 0 Å². The van der Waals surface area contributed by atoms with Crippen LogP contribution in [-0.2, 0) is 0 Å². The molecule has 0 aliphatic heterocycles. The van der Waals surface area contributed by atoms with E-state index in [1.54, 1.807) is 0 Å². The molecular formula is C17H34. The molecule has 0 aromatic rings. The average Bonchev–Trinajstić information content (AvgIpc) is 2.26. The summed E-state index contributed by atoms with van der Waals surface area (Å²) >= 11 is 0. The van der Waals surface area contributed by atoms with Gasteiger partial charge in [-0.15, -0.1) is 0 Å². The summed E-state index contributed by atoms with van der Waals surface area (Å²) in [6.07, 6.45) is 11.6. The van der Waals surface area contributed by atoms with Gasteiger partial charge in [-0.3, -0.25) is 0 Å². The SMILES string of the molecule is CCC(C)CCCCCC(C)C1(C)CC(C)C1. The van der Waals surface area contributed by atoms with Crippen LogP contribution in [0.2, 0.25) is 0 Å². The van der Waals surface area contributed by atoms with Crippen molar-refractivity contribution in [3.05, 3.63) is 0 Å². The van der Waals surface area contributed by atoms with E-state index in [0.717, 1.165) is 17.8 Å². The molecule has 0 aromatic heterocycles. The molecule has 0 heteroatoms. The molecule has 1 aliphatic rings. The van der Waals surface area contributed by atoms with Crippen LogP contribution in [0.5, 0.6) is 0 Å². The van der Waals surface area contributed by atoms with Gasteiger partial charge in [-0.25, -0.2) is 0 Å². The average molecular weight is 238 g/mol. The Hall–Kier alpha value is 0. The van der Waals surface area contributed by atoms with Gasteiger partial charge in [0, 0.05) is 0 Å². The highest BCUT2D eigenvalue weighted by Gasteiger charge is 2.41. The number of unbranched alkanes of at least 4 members (excludes halogenated alkanes) is 2. The van der Waals surface area contributed by atoms with Crippen molar-refractivity contribution in [3.8, 4) is 0 Å². The van der Waals surface area contributed by atoms with Crippen LogP contribution < -0.4 is 0 Å². The Morgan fingerprint density at radius 2 is 1.65 bits per heavy atom. The predicted octanol–water partition coefficient (Wildman–Crippen LogP) is 6.06. The van der Waals surface area contributed by atoms with Gasteiger partial charge in [0.25, 0.3) is 0 Å². The molecule has 0 bridgehead atoms. The summed E-state index contributed by atoms with van der Waals surface area (Å²) < 4.78 is 0. The van der Waals surface area contributed by atoms with Crippen LogP contribution in [0.3, 0.4) is 0 Å². The molecule has 0 heterocycles. The van der Waals surface area contributed by atoms with Gasteiger partial charge in [0.05, 0.1) is 0 Å². The third-order valence-electron chi connectivity index (χ3n) is 5.35. The zero-order chi connectivity index (χ0) is 12.9. The lowest BCUT2D eigenvalue weighted by Gasteiger charge is -2.48. The van der Waals surface area contributed by atoms with E-state index in [1.165, 1.54) is 51.4 Å². The second kappa shape index (κ2) is 6.81. The molecular weight excluding hydrogens is 204 g/mol. The second-order valence-electron chi connectivity index (χ2n) is 7.22. The molecule has 2 unspecified atom stereocenters. The summed E-state index contributed by atoms with van der Waals surface area (Å²) in [6, 6.07) is 0. The first kappa shape index (κ1) is 15.1. The summed E-state index contributed by atoms with van der Waals surface area (Å²) in [5.74, 6) is 2.88. The molecule has 0 aromatic carbocycles. The molecule has 0 radical (unpaired) electrons. The van der Waals surface area contributed by atoms with Crippen molar-refractivity contribution in [1.82, 2.24) is 0 Å². The topological polar surface area (TPSA) is 0 Å². The van der Waals surface area contributed by atoms with Gasteiger partial charge < -0.3 is 0 Å². The van der Waals surface area contributed by atoms with Crippen LogP contribution in [0, 0.1) is 23.2 Å². The normalized spacial score (nSPS) is 31.9. The second-order valence-corrected chi connectivity index (χ2v) is 7.22. The van der Waals surface area contributed by atoms with E-state index in [-0.39, 0.29) is 0 Å². The van der Waals surface area contributed by atoms with Gasteiger partial charge in [0.2, 0.25) is 0 Å². The molecule has 2 atom stereocenters. The molecule has 102 valence electrons. The van der Waals surface area contributed by atoms with Crippen LogP contribution >= 0.6 is 0 Å². The Morgan fingerprint density at radius 1 is 1.06 bits per heavy atom. The van der Waals surface area contributed by atoms with E-state index >= 15 is 0 Å². The highest BCUT2D eigenvalue weighted by molar-refractivity contribution is 4.91. The van der Waals surface area contributed by atoms with E-state index in [2.05, 4.69) is 34.6 Å². The minimum atomic E-state index is 0.691. The quantitative estimate of drug-likeness (QED) is 0.451. The molecule has 17 heavy (non-hydrogen) atoms. The Bertz CT molecular complexity index is 200. The van der Waals surface area contributed by atoms with Crippen molar-refractivity contribution in [3.63, 3.8) is 0 Å². The summed E-state index contributed by atoms with van der Waals surface area (Å²) in [7, 11) is 0. The fraction of sp³-hybridized carbons (Fsp3) is 1.00. The molecule has 1 rings (SSSR count). The molecule has 0 amide bonds. The van der Waals surface area contributed by atoms with Crippen LogP contribution in [0.25, 0.3) is 0 Å². The van der Waals surface area contributed by atoms with E-state index in [9.17, 15) is 0 Å². The van der Waals surface area contributed by atoms with Crippen molar-refractivity contribution < 1.29 is 0 Å². The zero-order valence-corrected chi connectivity index (χ0v) is 12.9. The van der Waals surface area contributed by atoms with Crippen molar-refractivity contribution in [2.45, 2.75) is 86.0 Å². The fourth-order valence-corrected chi connectivity index (χ4v) is 3.61. The van der Waals surface area contributed by atoms with Crippen LogP contribution in [-0.4, -0.2) is 0 Å². The molecule has 1 aliphatic carbocycles. The number of hydrogen-bond acceptors (Lipinski definition) is 0. The molecule has 0 saturated heterocycles. The molecule has 0 spiro atoms. The Balaban J connectivity index is 2.03. The van der Waals surface area contributed by atoms with E-state index in [4.69, 9.17) is 0 Å². The fourth-order valence-electron chi connectivity index (χ4n) is 3.61. The lowest BCUT2D eigenvalue weighted by Crippen LogP contribution is -2.38. The lowest BCUT2D eigenvalue weighted by atomic mass is 9.57. The third-order valence-corrected chi connectivity index (χ3v) is 5.35. The van der Waals surface area contributed by atoms with Crippen molar-refractivity contribution in [2.24, 2.45) is 23.2 Å². The van der Waals surface area contributed by atoms with Gasteiger partial charge >= 0.3 is 0 Å². The first-order valence-corrected chi connectivity index (χ1v) is 7.98. The number of hydrogen-bond donors (Lipinski definition) is 0. The number of rotatable bonds is 8. The Labute approximate surface area is 110 Å². The molecule has 0 nitrogen and oxygen atoms in total. The zero-order valence-electron chi connectivity index (χ0n) is 12.9. The van der Waals surface area contributed by atoms with Crippen molar-refractivity contribution >= 4 is 0 Å². The van der Waals surface area contributed by atoms with Crippen LogP contribution in [0.15, 0.2) is 0 Å². The monoisotopic (exact) mass is 238 g/mol. The van der Waals surface area contributed by atoms with Gasteiger partial charge in [0.15, 0.2) is 0 Å². The first-order chi connectivity index (χ1) is 7.98. The maximum atomic E-state index is 2.51. The Kier molecular flexibility index (Phi) is 6.03. The van der Waals surface area contributed by atoms with Crippen LogP contribution in [0.1, 0.15) is 86.0 Å². The van der Waals surface area contributed by atoms with Gasteiger partial charge in [0.1, 0.15) is 0 Å². The Morgan fingerprint density at radius 3 is 2.18 bits per heavy atom. The van der Waals surface area contributed by atoms with E-state index in [0.29, 0.717) is 5.41 Å². The molecule has 1 saturated carbocycles. The highest BCUT2D eigenvalue weighted by atomic mass is 14.5. The van der Waals surface area contributed by atoms with Gasteiger partial charge in [-0.1, -0.05) is 73.1 Å². The largest absolute Gasteiger partial charge is 0.0651 e. The summed E-state index contributed by atoms with van der Waals surface area (Å²) in [6.45, 7) is 12.1. The predicted molar refractivity (Wildman–Crippen MR) is 78.2 cm³/mol. The summed E-state index contributed by atoms with van der Waals surface area (Å²) in [5, 5.41) is 0. The summed E-state index contributed by atoms with van der Waals surface area (Å²) in [5.41, 5.74) is 0.691. The maximum absolute atomic E-state index is 2.51. The smallest absolute Gasteiger partial charge is 0.0295 e. The van der Waals surface area contributed by atoms with Crippen molar-refractivity contribution in [1.29, 1.82) is 0 Å². The first-order valence-electron chi connectivity index (χ1n) is 7.98. The van der Waals surface area contributed by atoms with Gasteiger partial charge in [-0.05, 0) is 36.0 Å². The van der Waals surface area contributed by atoms with Crippen LogP contribution in [0.4, 0.5) is 0 Å². The standard InChI is InChI=1S/C17H34/c1-6-14(2)10-8-7-9-11-16(4)17(5)12-15(3)13-17/h14-16H,6-13H2,1-5H3. The minimum Gasteiger partial charge on any atom is -0.0651 e. The minimum absolute atomic E-state index is 0.691. The summed E-state index contributed by atoms with van der Waals surface area (Å²) in [4.78, 5) is 0.